The number of methoxy groups -OCH3 is 1. The Kier molecular flexibility index (Phi) is 5.92. The van der Waals surface area contributed by atoms with Crippen molar-refractivity contribution in [2.45, 2.75) is 6.92 Å². The second-order valence-electron chi connectivity index (χ2n) is 5.09. The quantitative estimate of drug-likeness (QED) is 0.710. The summed E-state index contributed by atoms with van der Waals surface area (Å²) in [5, 5.41) is 11.5. The van der Waals surface area contributed by atoms with Gasteiger partial charge in [-0.05, 0) is 19.1 Å². The zero-order valence-electron chi connectivity index (χ0n) is 13.8. The van der Waals surface area contributed by atoms with Crippen LogP contribution in [-0.2, 0) is 14.3 Å². The first-order valence-corrected chi connectivity index (χ1v) is 7.54. The van der Waals surface area contributed by atoms with E-state index < -0.39 is 29.3 Å². The first kappa shape index (κ1) is 18.7. The molecule has 2 rings (SSSR count). The Hall–Kier alpha value is -2.68. The number of hydrogen-bond donors (Lipinski definition) is 2. The van der Waals surface area contributed by atoms with E-state index in [1.54, 1.807) is 6.92 Å². The Bertz CT molecular complexity index is 721. The maximum Gasteiger partial charge on any atom is 0.337 e. The fraction of sp³-hybridized carbons (Fsp3) is 0.375. The van der Waals surface area contributed by atoms with Crippen molar-refractivity contribution in [2.24, 2.45) is 0 Å². The molecule has 0 bridgehead atoms. The number of nitrogens with one attached hydrogen (secondary N) is 1. The van der Waals surface area contributed by atoms with Gasteiger partial charge in [0, 0.05) is 6.54 Å². The predicted octanol–water partition coefficient (Wildman–Crippen LogP) is 1.04. The van der Waals surface area contributed by atoms with Crippen LogP contribution in [0.2, 0.25) is 0 Å². The molecule has 1 aromatic carbocycles. The average Bonchev–Trinajstić information content (AvgIpc) is 2.90. The van der Waals surface area contributed by atoms with E-state index in [0.29, 0.717) is 0 Å². The molecule has 1 aliphatic rings. The van der Waals surface area contributed by atoms with E-state index in [1.165, 1.54) is 4.90 Å². The largest absolute Gasteiger partial charge is 0.488 e. The number of aliphatic hydroxyl groups is 1. The number of anilines is 1. The van der Waals surface area contributed by atoms with Crippen LogP contribution in [0, 0.1) is 11.6 Å². The third kappa shape index (κ3) is 3.71. The summed E-state index contributed by atoms with van der Waals surface area (Å²) in [7, 11) is 1.15. The molecule has 1 aliphatic heterocycles. The van der Waals surface area contributed by atoms with Crippen LogP contribution in [0.3, 0.4) is 0 Å². The molecule has 0 fully saturated rings. The van der Waals surface area contributed by atoms with E-state index >= 15 is 0 Å². The van der Waals surface area contributed by atoms with Crippen molar-refractivity contribution in [3.63, 3.8) is 0 Å². The molecule has 136 valence electrons. The normalized spacial score (nSPS) is 14.1. The van der Waals surface area contributed by atoms with Crippen LogP contribution < -0.4 is 10.1 Å². The summed E-state index contributed by atoms with van der Waals surface area (Å²) < 4.78 is 37.6. The van der Waals surface area contributed by atoms with Crippen molar-refractivity contribution in [2.75, 3.05) is 38.7 Å². The number of aliphatic hydroxyl groups excluding tert-OH is 1. The van der Waals surface area contributed by atoms with E-state index in [4.69, 9.17) is 9.84 Å². The third-order valence-electron chi connectivity index (χ3n) is 3.55. The summed E-state index contributed by atoms with van der Waals surface area (Å²) in [6.07, 6.45) is 0. The number of ether oxygens (including phenoxy) is 2. The highest BCUT2D eigenvalue weighted by atomic mass is 19.1. The minimum absolute atomic E-state index is 0.000599. The molecule has 25 heavy (non-hydrogen) atoms. The molecule has 0 unspecified atom stereocenters. The monoisotopic (exact) mass is 356 g/mol. The van der Waals surface area contributed by atoms with Crippen molar-refractivity contribution in [1.29, 1.82) is 0 Å². The molecule has 0 aliphatic carbocycles. The van der Waals surface area contributed by atoms with Crippen LogP contribution in [0.4, 0.5) is 14.5 Å². The lowest BCUT2D eigenvalue weighted by molar-refractivity contribution is -0.136. The molecule has 0 atom stereocenters. The van der Waals surface area contributed by atoms with Gasteiger partial charge >= 0.3 is 5.97 Å². The Morgan fingerprint density at radius 1 is 1.40 bits per heavy atom. The van der Waals surface area contributed by atoms with Crippen LogP contribution in [0.15, 0.2) is 23.4 Å². The van der Waals surface area contributed by atoms with Gasteiger partial charge in [0.15, 0.2) is 17.4 Å². The summed E-state index contributed by atoms with van der Waals surface area (Å²) in [4.78, 5) is 25.5. The molecule has 0 spiro atoms. The summed E-state index contributed by atoms with van der Waals surface area (Å²) >= 11 is 0. The molecule has 0 radical (unpaired) electrons. The highest BCUT2D eigenvalue weighted by Gasteiger charge is 2.35. The Labute approximate surface area is 142 Å². The van der Waals surface area contributed by atoms with Gasteiger partial charge in [-0.3, -0.25) is 4.79 Å². The molecule has 0 saturated heterocycles. The van der Waals surface area contributed by atoms with E-state index in [2.05, 4.69) is 10.1 Å². The summed E-state index contributed by atoms with van der Waals surface area (Å²) in [5.41, 5.74) is -0.420. The van der Waals surface area contributed by atoms with Gasteiger partial charge < -0.3 is 24.8 Å². The van der Waals surface area contributed by atoms with E-state index in [-0.39, 0.29) is 43.3 Å². The summed E-state index contributed by atoms with van der Waals surface area (Å²) in [6.45, 7) is 1.24. The summed E-state index contributed by atoms with van der Waals surface area (Å²) in [6, 6.07) is 2.08. The standard InChI is InChI=1S/C16H18F2N2O5/c1-3-25-14-10(17)4-5-11(12(14)18)19-13-9(16(23)24-2)8-20(6-7-21)15(13)22/h4-5,19,21H,3,6-8H2,1-2H3. The van der Waals surface area contributed by atoms with E-state index in [9.17, 15) is 18.4 Å². The minimum atomic E-state index is -1.02. The number of rotatable bonds is 7. The lowest BCUT2D eigenvalue weighted by atomic mass is 10.2. The summed E-state index contributed by atoms with van der Waals surface area (Å²) in [5.74, 6) is -3.84. The molecule has 0 saturated carbocycles. The van der Waals surface area contributed by atoms with Crippen molar-refractivity contribution in [1.82, 2.24) is 4.90 Å². The van der Waals surface area contributed by atoms with Gasteiger partial charge in [-0.2, -0.15) is 0 Å². The topological polar surface area (TPSA) is 88.1 Å². The van der Waals surface area contributed by atoms with Crippen molar-refractivity contribution in [3.8, 4) is 5.75 Å². The Morgan fingerprint density at radius 2 is 2.12 bits per heavy atom. The minimum Gasteiger partial charge on any atom is -0.488 e. The van der Waals surface area contributed by atoms with Gasteiger partial charge in [0.25, 0.3) is 5.91 Å². The SMILES string of the molecule is CCOc1c(F)ccc(NC2=C(C(=O)OC)CN(CCO)C2=O)c1F. The number of amides is 1. The zero-order valence-corrected chi connectivity index (χ0v) is 13.8. The highest BCUT2D eigenvalue weighted by molar-refractivity contribution is 6.08. The van der Waals surface area contributed by atoms with Crippen molar-refractivity contribution in [3.05, 3.63) is 35.0 Å². The second kappa shape index (κ2) is 7.93. The fourth-order valence-corrected chi connectivity index (χ4v) is 2.39. The fourth-order valence-electron chi connectivity index (χ4n) is 2.39. The van der Waals surface area contributed by atoms with Gasteiger partial charge in [0.1, 0.15) is 5.70 Å². The second-order valence-corrected chi connectivity index (χ2v) is 5.09. The number of halogens is 2. The zero-order chi connectivity index (χ0) is 18.6. The van der Waals surface area contributed by atoms with Crippen LogP contribution in [-0.4, -0.2) is 55.3 Å². The molecule has 1 amide bonds. The highest BCUT2D eigenvalue weighted by Crippen LogP contribution is 2.30. The van der Waals surface area contributed by atoms with Gasteiger partial charge in [0.05, 0.1) is 38.1 Å². The van der Waals surface area contributed by atoms with Crippen molar-refractivity contribution < 1.29 is 33.0 Å². The first-order valence-electron chi connectivity index (χ1n) is 7.54. The number of carbonyl (C=O) groups is 2. The van der Waals surface area contributed by atoms with E-state index in [1.807, 2.05) is 0 Å². The Balaban J connectivity index is 2.40. The molecular weight excluding hydrogens is 338 g/mol. The van der Waals surface area contributed by atoms with Crippen molar-refractivity contribution >= 4 is 17.6 Å². The van der Waals surface area contributed by atoms with Crippen LogP contribution in [0.5, 0.6) is 5.75 Å². The lowest BCUT2D eigenvalue weighted by Crippen LogP contribution is -2.31. The molecule has 2 N–H and O–H groups in total. The molecule has 9 heteroatoms. The van der Waals surface area contributed by atoms with Crippen LogP contribution in [0.1, 0.15) is 6.92 Å². The first-order chi connectivity index (χ1) is 11.9. The molecule has 0 aromatic heterocycles. The molecule has 7 nitrogen and oxygen atoms in total. The number of β-amino-alcohol motifs (C(OH)–C–C–N with tert-alkyl or cyclic N) is 1. The lowest BCUT2D eigenvalue weighted by Gasteiger charge is -2.15. The number of esters is 1. The Morgan fingerprint density at radius 3 is 2.72 bits per heavy atom. The number of hydrogen-bond acceptors (Lipinski definition) is 6. The van der Waals surface area contributed by atoms with Gasteiger partial charge in [0.2, 0.25) is 0 Å². The maximum atomic E-state index is 14.4. The van der Waals surface area contributed by atoms with Gasteiger partial charge in [-0.1, -0.05) is 0 Å². The molecule has 1 aromatic rings. The molecule has 1 heterocycles. The third-order valence-corrected chi connectivity index (χ3v) is 3.55. The number of carbonyl (C=O) groups excluding carboxylic acids is 2. The average molecular weight is 356 g/mol. The van der Waals surface area contributed by atoms with E-state index in [0.717, 1.165) is 19.2 Å². The number of nitrogens with zero attached hydrogens (tertiary/aromatic N) is 1. The van der Waals surface area contributed by atoms with Crippen LogP contribution >= 0.6 is 0 Å². The number of benzene rings is 1. The molecular formula is C16H18F2N2O5. The van der Waals surface area contributed by atoms with Gasteiger partial charge in [-0.15, -0.1) is 0 Å². The van der Waals surface area contributed by atoms with Crippen LogP contribution in [0.25, 0.3) is 0 Å². The smallest absolute Gasteiger partial charge is 0.337 e. The maximum absolute atomic E-state index is 14.4. The van der Waals surface area contributed by atoms with Gasteiger partial charge in [-0.25, -0.2) is 13.6 Å². The predicted molar refractivity (Wildman–Crippen MR) is 83.9 cm³/mol.